The molecular formula is C13H14BrF2NO3S. The molecule has 0 radical (unpaired) electrons. The first-order valence-electron chi connectivity index (χ1n) is 6.27. The molecule has 1 aliphatic rings. The van der Waals surface area contributed by atoms with Crippen molar-refractivity contribution in [1.29, 1.82) is 0 Å². The molecule has 2 rings (SSSR count). The number of sulfone groups is 1. The molecule has 0 spiro atoms. The largest absolute Gasteiger partial charge is 0.338 e. The van der Waals surface area contributed by atoms with E-state index < -0.39 is 15.8 Å². The standard InChI is InChI=1S/C13H14BrF2NO3S/c1-21(19,20)11-3-2-9(8-10(11)14)12(18)17-6-4-13(15,16)5-7-17/h2-3,8H,4-7H2,1H3. The molecule has 1 saturated heterocycles. The van der Waals surface area contributed by atoms with Crippen molar-refractivity contribution in [1.82, 2.24) is 4.90 Å². The number of hydrogen-bond donors (Lipinski definition) is 0. The molecule has 0 bridgehead atoms. The van der Waals surface area contributed by atoms with Crippen LogP contribution in [0.2, 0.25) is 0 Å². The van der Waals surface area contributed by atoms with Crippen molar-refractivity contribution in [3.8, 4) is 0 Å². The number of amides is 1. The first-order chi connectivity index (χ1) is 9.60. The summed E-state index contributed by atoms with van der Waals surface area (Å²) in [6.45, 7) is -0.00540. The van der Waals surface area contributed by atoms with Gasteiger partial charge in [0.2, 0.25) is 0 Å². The molecule has 4 nitrogen and oxygen atoms in total. The molecular weight excluding hydrogens is 368 g/mol. The topological polar surface area (TPSA) is 54.5 Å². The van der Waals surface area contributed by atoms with Crippen molar-refractivity contribution in [2.75, 3.05) is 19.3 Å². The van der Waals surface area contributed by atoms with Gasteiger partial charge in [-0.25, -0.2) is 17.2 Å². The Kier molecular flexibility index (Phi) is 4.39. The van der Waals surface area contributed by atoms with Gasteiger partial charge in [-0.1, -0.05) is 0 Å². The average Bonchev–Trinajstić information content (AvgIpc) is 2.36. The highest BCUT2D eigenvalue weighted by Crippen LogP contribution is 2.29. The van der Waals surface area contributed by atoms with E-state index in [1.807, 2.05) is 0 Å². The van der Waals surface area contributed by atoms with Crippen LogP contribution in [-0.2, 0) is 9.84 Å². The molecule has 1 aromatic rings. The van der Waals surface area contributed by atoms with E-state index in [1.165, 1.54) is 23.1 Å². The molecule has 21 heavy (non-hydrogen) atoms. The second-order valence-corrected chi connectivity index (χ2v) is 7.90. The van der Waals surface area contributed by atoms with Gasteiger partial charge in [0, 0.05) is 42.2 Å². The minimum absolute atomic E-state index is 0.00270. The van der Waals surface area contributed by atoms with Gasteiger partial charge < -0.3 is 4.90 Å². The number of carbonyl (C=O) groups excluding carboxylic acids is 1. The van der Waals surface area contributed by atoms with E-state index in [0.29, 0.717) is 0 Å². The highest BCUT2D eigenvalue weighted by atomic mass is 79.9. The maximum absolute atomic E-state index is 13.1. The number of piperidine rings is 1. The Morgan fingerprint density at radius 3 is 2.33 bits per heavy atom. The lowest BCUT2D eigenvalue weighted by atomic mass is 10.1. The number of benzene rings is 1. The monoisotopic (exact) mass is 381 g/mol. The van der Waals surface area contributed by atoms with Crippen molar-refractivity contribution in [3.63, 3.8) is 0 Å². The summed E-state index contributed by atoms with van der Waals surface area (Å²) in [5, 5.41) is 0. The van der Waals surface area contributed by atoms with Crippen molar-refractivity contribution >= 4 is 31.7 Å². The van der Waals surface area contributed by atoms with E-state index in [4.69, 9.17) is 0 Å². The third-order valence-corrected chi connectivity index (χ3v) is 5.43. The Morgan fingerprint density at radius 1 is 1.29 bits per heavy atom. The van der Waals surface area contributed by atoms with Gasteiger partial charge >= 0.3 is 0 Å². The average molecular weight is 382 g/mol. The molecule has 0 saturated carbocycles. The number of hydrogen-bond acceptors (Lipinski definition) is 3. The minimum atomic E-state index is -3.39. The summed E-state index contributed by atoms with van der Waals surface area (Å²) in [6.07, 6.45) is 0.379. The van der Waals surface area contributed by atoms with Gasteiger partial charge in [0.05, 0.1) is 4.90 Å². The zero-order chi connectivity index (χ0) is 15.8. The van der Waals surface area contributed by atoms with E-state index in [0.717, 1.165) is 6.26 Å². The van der Waals surface area contributed by atoms with Gasteiger partial charge in [0.1, 0.15) is 0 Å². The summed E-state index contributed by atoms with van der Waals surface area (Å²) < 4.78 is 49.4. The summed E-state index contributed by atoms with van der Waals surface area (Å²) in [6, 6.07) is 4.15. The number of nitrogens with zero attached hydrogens (tertiary/aromatic N) is 1. The van der Waals surface area contributed by atoms with Gasteiger partial charge in [-0.05, 0) is 34.1 Å². The molecule has 0 N–H and O–H groups in total. The summed E-state index contributed by atoms with van der Waals surface area (Å²) in [5.74, 6) is -3.08. The number of likely N-dealkylation sites (tertiary alicyclic amines) is 1. The minimum Gasteiger partial charge on any atom is -0.338 e. The maximum Gasteiger partial charge on any atom is 0.253 e. The molecule has 1 aliphatic heterocycles. The molecule has 0 aliphatic carbocycles. The highest BCUT2D eigenvalue weighted by Gasteiger charge is 2.35. The van der Waals surface area contributed by atoms with Crippen LogP contribution in [0.4, 0.5) is 8.78 Å². The van der Waals surface area contributed by atoms with Crippen molar-refractivity contribution < 1.29 is 22.0 Å². The highest BCUT2D eigenvalue weighted by molar-refractivity contribution is 9.10. The van der Waals surface area contributed by atoms with E-state index in [2.05, 4.69) is 15.9 Å². The predicted molar refractivity (Wildman–Crippen MR) is 77.3 cm³/mol. The number of halogens is 3. The van der Waals surface area contributed by atoms with Gasteiger partial charge in [0.15, 0.2) is 9.84 Å². The van der Waals surface area contributed by atoms with Crippen LogP contribution in [-0.4, -0.2) is 44.5 Å². The van der Waals surface area contributed by atoms with E-state index in [-0.39, 0.29) is 46.8 Å². The Hall–Kier alpha value is -1.02. The zero-order valence-corrected chi connectivity index (χ0v) is 13.7. The van der Waals surface area contributed by atoms with Gasteiger partial charge in [-0.3, -0.25) is 4.79 Å². The first-order valence-corrected chi connectivity index (χ1v) is 8.95. The van der Waals surface area contributed by atoms with E-state index in [9.17, 15) is 22.0 Å². The first kappa shape index (κ1) is 16.4. The lowest BCUT2D eigenvalue weighted by molar-refractivity contribution is -0.0494. The number of carbonyl (C=O) groups is 1. The molecule has 1 aromatic carbocycles. The second kappa shape index (κ2) is 5.64. The number of alkyl halides is 2. The fraction of sp³-hybridized carbons (Fsp3) is 0.462. The lowest BCUT2D eigenvalue weighted by Crippen LogP contribution is -2.42. The van der Waals surface area contributed by atoms with Crippen LogP contribution >= 0.6 is 15.9 Å². The quantitative estimate of drug-likeness (QED) is 0.791. The van der Waals surface area contributed by atoms with Crippen LogP contribution < -0.4 is 0 Å². The molecule has 8 heteroatoms. The third kappa shape index (κ3) is 3.79. The van der Waals surface area contributed by atoms with Gasteiger partial charge in [-0.2, -0.15) is 0 Å². The molecule has 1 fully saturated rings. The number of rotatable bonds is 2. The third-order valence-electron chi connectivity index (χ3n) is 3.36. The molecule has 1 amide bonds. The summed E-state index contributed by atoms with van der Waals surface area (Å²) in [5.41, 5.74) is 0.277. The summed E-state index contributed by atoms with van der Waals surface area (Å²) in [7, 11) is -3.39. The molecule has 0 unspecified atom stereocenters. The van der Waals surface area contributed by atoms with Crippen LogP contribution in [0.5, 0.6) is 0 Å². The second-order valence-electron chi connectivity index (χ2n) is 5.07. The van der Waals surface area contributed by atoms with Crippen LogP contribution in [0, 0.1) is 0 Å². The van der Waals surface area contributed by atoms with Gasteiger partial charge in [0.25, 0.3) is 11.8 Å². The van der Waals surface area contributed by atoms with Crippen LogP contribution in [0.1, 0.15) is 23.2 Å². The van der Waals surface area contributed by atoms with E-state index >= 15 is 0 Å². The lowest BCUT2D eigenvalue weighted by Gasteiger charge is -2.31. The zero-order valence-electron chi connectivity index (χ0n) is 11.3. The normalized spacial score (nSPS) is 18.6. The summed E-state index contributed by atoms with van der Waals surface area (Å²) in [4.78, 5) is 13.7. The fourth-order valence-electron chi connectivity index (χ4n) is 2.15. The molecule has 0 atom stereocenters. The summed E-state index contributed by atoms with van der Waals surface area (Å²) >= 11 is 3.12. The Balaban J connectivity index is 2.20. The van der Waals surface area contributed by atoms with Crippen molar-refractivity contribution in [2.45, 2.75) is 23.7 Å². The van der Waals surface area contributed by atoms with Crippen LogP contribution in [0.15, 0.2) is 27.6 Å². The molecule has 0 aromatic heterocycles. The van der Waals surface area contributed by atoms with Crippen molar-refractivity contribution in [3.05, 3.63) is 28.2 Å². The Morgan fingerprint density at radius 2 is 1.86 bits per heavy atom. The van der Waals surface area contributed by atoms with Crippen LogP contribution in [0.25, 0.3) is 0 Å². The molecule has 1 heterocycles. The van der Waals surface area contributed by atoms with Crippen LogP contribution in [0.3, 0.4) is 0 Å². The maximum atomic E-state index is 13.1. The van der Waals surface area contributed by atoms with Crippen molar-refractivity contribution in [2.24, 2.45) is 0 Å². The van der Waals surface area contributed by atoms with Gasteiger partial charge in [-0.15, -0.1) is 0 Å². The SMILES string of the molecule is CS(=O)(=O)c1ccc(C(=O)N2CCC(F)(F)CC2)cc1Br. The predicted octanol–water partition coefficient (Wildman–Crippen LogP) is 2.72. The molecule has 116 valence electrons. The fourth-order valence-corrected chi connectivity index (χ4v) is 4.14. The smallest absolute Gasteiger partial charge is 0.253 e. The Bertz CT molecular complexity index is 666. The van der Waals surface area contributed by atoms with E-state index in [1.54, 1.807) is 0 Å². The Labute approximate surface area is 130 Å².